The molecular weight excluding hydrogens is 425 g/mol. The molecule has 2 heterocycles. The number of fused-ring (bicyclic) bond motifs is 1. The summed E-state index contributed by atoms with van der Waals surface area (Å²) in [6, 6.07) is 13.5. The van der Waals surface area contributed by atoms with E-state index in [2.05, 4.69) is 15.4 Å². The van der Waals surface area contributed by atoms with E-state index in [-0.39, 0.29) is 18.3 Å². The van der Waals surface area contributed by atoms with E-state index in [0.29, 0.717) is 21.3 Å². The molecule has 0 aliphatic rings. The predicted octanol–water partition coefficient (Wildman–Crippen LogP) is 3.54. The number of amides is 1. The lowest BCUT2D eigenvalue weighted by Gasteiger charge is -2.06. The first-order valence-electron chi connectivity index (χ1n) is 8.85. The summed E-state index contributed by atoms with van der Waals surface area (Å²) < 4.78 is 15.9. The van der Waals surface area contributed by atoms with Crippen LogP contribution in [0.5, 0.6) is 0 Å². The van der Waals surface area contributed by atoms with Crippen LogP contribution in [0.2, 0.25) is 0 Å². The van der Waals surface area contributed by atoms with Crippen molar-refractivity contribution in [1.29, 1.82) is 0 Å². The highest BCUT2D eigenvalue weighted by atomic mass is 32.2. The quantitative estimate of drug-likeness (QED) is 0.461. The van der Waals surface area contributed by atoms with Gasteiger partial charge in [-0.3, -0.25) is 4.79 Å². The molecule has 30 heavy (non-hydrogen) atoms. The standard InChI is InChI=1S/C20H16FN5O2S2/c1-29-15-6-3-5-14(11-15)23-17(27)12-26-20(28)25-9-8-22-19(18(25)24-26)30-16-7-2-4-13(21)10-16/h2-11H,12H2,1H3,(H,23,27). The third kappa shape index (κ3) is 4.39. The molecule has 1 N–H and O–H groups in total. The first kappa shape index (κ1) is 20.2. The number of anilines is 1. The average Bonchev–Trinajstić information content (AvgIpc) is 3.05. The van der Waals surface area contributed by atoms with Crippen molar-refractivity contribution in [2.45, 2.75) is 21.4 Å². The average molecular weight is 442 g/mol. The Morgan fingerprint density at radius 1 is 1.17 bits per heavy atom. The Kier molecular flexibility index (Phi) is 5.86. The number of aromatic nitrogens is 4. The van der Waals surface area contributed by atoms with Crippen LogP contribution in [0.25, 0.3) is 5.65 Å². The molecule has 2 aromatic carbocycles. The molecule has 0 spiro atoms. The zero-order chi connectivity index (χ0) is 21.1. The van der Waals surface area contributed by atoms with Crippen molar-refractivity contribution in [1.82, 2.24) is 19.2 Å². The van der Waals surface area contributed by atoms with Crippen molar-refractivity contribution >= 4 is 40.8 Å². The molecule has 0 bridgehead atoms. The van der Waals surface area contributed by atoms with Gasteiger partial charge in [0, 0.05) is 27.9 Å². The Morgan fingerprint density at radius 2 is 1.97 bits per heavy atom. The first-order valence-corrected chi connectivity index (χ1v) is 10.9. The number of carbonyl (C=O) groups excluding carboxylic acids is 1. The highest BCUT2D eigenvalue weighted by molar-refractivity contribution is 7.99. The van der Waals surface area contributed by atoms with E-state index in [9.17, 15) is 14.0 Å². The minimum Gasteiger partial charge on any atom is -0.324 e. The van der Waals surface area contributed by atoms with Crippen LogP contribution in [0.15, 0.2) is 80.5 Å². The predicted molar refractivity (Wildman–Crippen MR) is 115 cm³/mol. The van der Waals surface area contributed by atoms with Gasteiger partial charge in [0.15, 0.2) is 5.65 Å². The number of rotatable bonds is 6. The van der Waals surface area contributed by atoms with Gasteiger partial charge in [-0.25, -0.2) is 23.3 Å². The van der Waals surface area contributed by atoms with E-state index in [1.807, 2.05) is 24.5 Å². The highest BCUT2D eigenvalue weighted by Gasteiger charge is 2.15. The van der Waals surface area contributed by atoms with Crippen LogP contribution < -0.4 is 11.0 Å². The topological polar surface area (TPSA) is 81.3 Å². The Hall–Kier alpha value is -3.11. The van der Waals surface area contributed by atoms with Gasteiger partial charge in [0.1, 0.15) is 17.4 Å². The van der Waals surface area contributed by atoms with Crippen LogP contribution in [0.4, 0.5) is 10.1 Å². The third-order valence-electron chi connectivity index (χ3n) is 4.13. The molecule has 4 aromatic rings. The fourth-order valence-electron chi connectivity index (χ4n) is 2.78. The highest BCUT2D eigenvalue weighted by Crippen LogP contribution is 2.28. The molecule has 2 aromatic heterocycles. The maximum Gasteiger partial charge on any atom is 0.350 e. The monoisotopic (exact) mass is 441 g/mol. The summed E-state index contributed by atoms with van der Waals surface area (Å²) in [7, 11) is 0. The molecule has 4 rings (SSSR count). The minimum absolute atomic E-state index is 0.242. The van der Waals surface area contributed by atoms with Gasteiger partial charge >= 0.3 is 5.69 Å². The van der Waals surface area contributed by atoms with Gasteiger partial charge in [-0.2, -0.15) is 0 Å². The molecule has 0 fully saturated rings. The molecule has 0 radical (unpaired) electrons. The number of hydrogen-bond donors (Lipinski definition) is 1. The van der Waals surface area contributed by atoms with Gasteiger partial charge < -0.3 is 5.32 Å². The van der Waals surface area contributed by atoms with Crippen LogP contribution in [-0.4, -0.2) is 31.3 Å². The second kappa shape index (κ2) is 8.72. The van der Waals surface area contributed by atoms with Gasteiger partial charge in [0.2, 0.25) is 5.91 Å². The number of thioether (sulfide) groups is 1. The molecule has 7 nitrogen and oxygen atoms in total. The minimum atomic E-state index is -0.457. The van der Waals surface area contributed by atoms with Crippen molar-refractivity contribution in [2.75, 3.05) is 11.6 Å². The zero-order valence-electron chi connectivity index (χ0n) is 15.8. The summed E-state index contributed by atoms with van der Waals surface area (Å²) in [5.74, 6) is -0.733. The maximum atomic E-state index is 13.5. The molecule has 0 unspecified atom stereocenters. The number of hydrogen-bond acceptors (Lipinski definition) is 6. The second-order valence-corrected chi connectivity index (χ2v) is 8.15. The Bertz CT molecular complexity index is 1290. The third-order valence-corrected chi connectivity index (χ3v) is 5.82. The Labute approximate surface area is 179 Å². The summed E-state index contributed by atoms with van der Waals surface area (Å²) in [4.78, 5) is 31.0. The van der Waals surface area contributed by atoms with Crippen molar-refractivity contribution in [3.63, 3.8) is 0 Å². The fraction of sp³-hybridized carbons (Fsp3) is 0.100. The molecule has 152 valence electrons. The van der Waals surface area contributed by atoms with Crippen molar-refractivity contribution < 1.29 is 9.18 Å². The van der Waals surface area contributed by atoms with Crippen LogP contribution in [0.3, 0.4) is 0 Å². The number of halogens is 1. The lowest BCUT2D eigenvalue weighted by Crippen LogP contribution is -2.28. The lowest BCUT2D eigenvalue weighted by atomic mass is 10.3. The molecule has 1 amide bonds. The summed E-state index contributed by atoms with van der Waals surface area (Å²) in [5.41, 5.74) is 0.489. The van der Waals surface area contributed by atoms with E-state index in [1.54, 1.807) is 30.0 Å². The SMILES string of the molecule is CSc1cccc(NC(=O)Cn2nc3c(Sc4cccc(F)c4)nccn3c2=O)c1. The van der Waals surface area contributed by atoms with Crippen LogP contribution in [-0.2, 0) is 11.3 Å². The number of carbonyl (C=O) groups is 1. The second-order valence-electron chi connectivity index (χ2n) is 6.21. The Balaban J connectivity index is 1.58. The molecule has 0 aliphatic carbocycles. The summed E-state index contributed by atoms with van der Waals surface area (Å²) in [6.45, 7) is -0.242. The molecular formula is C20H16FN5O2S2. The smallest absolute Gasteiger partial charge is 0.324 e. The van der Waals surface area contributed by atoms with E-state index < -0.39 is 5.69 Å². The molecule has 0 saturated heterocycles. The first-order chi connectivity index (χ1) is 14.5. The Morgan fingerprint density at radius 3 is 2.77 bits per heavy atom. The van der Waals surface area contributed by atoms with Gasteiger partial charge in [-0.15, -0.1) is 16.9 Å². The van der Waals surface area contributed by atoms with Crippen molar-refractivity contribution in [3.05, 3.63) is 77.2 Å². The van der Waals surface area contributed by atoms with Gasteiger partial charge in [0.05, 0.1) is 0 Å². The number of benzene rings is 2. The van der Waals surface area contributed by atoms with Crippen molar-refractivity contribution in [2.24, 2.45) is 0 Å². The van der Waals surface area contributed by atoms with Crippen LogP contribution >= 0.6 is 23.5 Å². The summed E-state index contributed by atoms with van der Waals surface area (Å²) >= 11 is 2.76. The summed E-state index contributed by atoms with van der Waals surface area (Å²) in [6.07, 6.45) is 4.90. The molecule has 0 saturated carbocycles. The summed E-state index contributed by atoms with van der Waals surface area (Å²) in [5, 5.41) is 7.48. The number of nitrogens with one attached hydrogen (secondary N) is 1. The van der Waals surface area contributed by atoms with Crippen LogP contribution in [0.1, 0.15) is 0 Å². The number of nitrogens with zero attached hydrogens (tertiary/aromatic N) is 4. The largest absolute Gasteiger partial charge is 0.350 e. The van der Waals surface area contributed by atoms with Gasteiger partial charge in [0.25, 0.3) is 0 Å². The zero-order valence-corrected chi connectivity index (χ0v) is 17.4. The normalized spacial score (nSPS) is 11.0. The van der Waals surface area contributed by atoms with Crippen molar-refractivity contribution in [3.8, 4) is 0 Å². The molecule has 0 atom stereocenters. The maximum absolute atomic E-state index is 13.5. The molecule has 0 aliphatic heterocycles. The van der Waals surface area contributed by atoms with Gasteiger partial charge in [-0.05, 0) is 42.7 Å². The molecule has 10 heteroatoms. The lowest BCUT2D eigenvalue weighted by molar-refractivity contribution is -0.117. The van der Waals surface area contributed by atoms with E-state index in [4.69, 9.17) is 0 Å². The van der Waals surface area contributed by atoms with Crippen LogP contribution in [0, 0.1) is 5.82 Å². The van der Waals surface area contributed by atoms with E-state index >= 15 is 0 Å². The van der Waals surface area contributed by atoms with E-state index in [0.717, 1.165) is 9.58 Å². The fourth-order valence-corrected chi connectivity index (χ4v) is 4.13. The van der Waals surface area contributed by atoms with Gasteiger partial charge in [-0.1, -0.05) is 23.9 Å². The van der Waals surface area contributed by atoms with E-state index in [1.165, 1.54) is 40.7 Å².